The molecule has 0 fully saturated rings. The molecular formula is C22H35N5O. The molecule has 1 atom stereocenters. The number of unbranched alkanes of at least 4 members (excludes halogenated alkanes) is 1. The summed E-state index contributed by atoms with van der Waals surface area (Å²) in [5.41, 5.74) is 1.80. The highest BCUT2D eigenvalue weighted by molar-refractivity contribution is 5.93. The van der Waals surface area contributed by atoms with Crippen molar-refractivity contribution in [1.82, 2.24) is 19.4 Å². The van der Waals surface area contributed by atoms with E-state index in [0.29, 0.717) is 5.92 Å². The second-order valence-electron chi connectivity index (χ2n) is 8.61. The molecule has 0 aliphatic carbocycles. The summed E-state index contributed by atoms with van der Waals surface area (Å²) in [6, 6.07) is 8.33. The number of benzene rings is 1. The highest BCUT2D eigenvalue weighted by Crippen LogP contribution is 2.29. The van der Waals surface area contributed by atoms with Crippen LogP contribution in [0.15, 0.2) is 24.3 Å². The van der Waals surface area contributed by atoms with Crippen molar-refractivity contribution < 1.29 is 4.79 Å². The van der Waals surface area contributed by atoms with Crippen LogP contribution >= 0.6 is 0 Å². The Morgan fingerprint density at radius 1 is 1.25 bits per heavy atom. The van der Waals surface area contributed by atoms with Gasteiger partial charge >= 0.3 is 6.03 Å². The van der Waals surface area contributed by atoms with Crippen molar-refractivity contribution in [1.29, 1.82) is 0 Å². The monoisotopic (exact) mass is 385 g/mol. The second-order valence-corrected chi connectivity index (χ2v) is 8.61. The number of hydrogen-bond donors (Lipinski definition) is 0. The third-order valence-electron chi connectivity index (χ3n) is 5.38. The summed E-state index contributed by atoms with van der Waals surface area (Å²) < 4.78 is 1.85. The quantitative estimate of drug-likeness (QED) is 0.691. The lowest BCUT2D eigenvalue weighted by atomic mass is 10.1. The van der Waals surface area contributed by atoms with E-state index in [1.54, 1.807) is 0 Å². The molecule has 1 aromatic carbocycles. The molecule has 0 radical (unpaired) electrons. The largest absolute Gasteiger partial charge is 0.337 e. The minimum Gasteiger partial charge on any atom is -0.337 e. The molecule has 0 bridgehead atoms. The minimum absolute atomic E-state index is 0.0613. The zero-order valence-electron chi connectivity index (χ0n) is 18.1. The maximum Gasteiger partial charge on any atom is 0.331 e. The van der Waals surface area contributed by atoms with Crippen LogP contribution in [0.1, 0.15) is 40.0 Å². The molecule has 28 heavy (non-hydrogen) atoms. The van der Waals surface area contributed by atoms with Crippen molar-refractivity contribution >= 4 is 23.0 Å². The van der Waals surface area contributed by atoms with Gasteiger partial charge in [-0.3, -0.25) is 0 Å². The van der Waals surface area contributed by atoms with Crippen molar-refractivity contribution in [2.45, 2.75) is 46.1 Å². The van der Waals surface area contributed by atoms with E-state index in [9.17, 15) is 4.79 Å². The van der Waals surface area contributed by atoms with Gasteiger partial charge in [-0.15, -0.1) is 0 Å². The van der Waals surface area contributed by atoms with Gasteiger partial charge < -0.3 is 14.7 Å². The van der Waals surface area contributed by atoms with E-state index >= 15 is 0 Å². The lowest BCUT2D eigenvalue weighted by molar-refractivity contribution is 0.191. The van der Waals surface area contributed by atoms with Crippen LogP contribution in [0.25, 0.3) is 11.0 Å². The molecule has 6 heteroatoms. The first-order valence-corrected chi connectivity index (χ1v) is 10.6. The van der Waals surface area contributed by atoms with Gasteiger partial charge in [-0.25, -0.2) is 14.3 Å². The summed E-state index contributed by atoms with van der Waals surface area (Å²) in [5, 5.41) is 0. The highest BCUT2D eigenvalue weighted by Gasteiger charge is 2.34. The number of hydrogen-bond acceptors (Lipinski definition) is 4. The fourth-order valence-electron chi connectivity index (χ4n) is 3.99. The van der Waals surface area contributed by atoms with Crippen LogP contribution in [0.4, 0.5) is 10.7 Å². The molecule has 6 nitrogen and oxygen atoms in total. The summed E-state index contributed by atoms with van der Waals surface area (Å²) in [4.78, 5) is 25.1. The lowest BCUT2D eigenvalue weighted by Gasteiger charge is -2.33. The Bertz CT molecular complexity index is 797. The number of rotatable bonds is 8. The summed E-state index contributed by atoms with van der Waals surface area (Å²) in [7, 11) is 4.22. The maximum absolute atomic E-state index is 13.6. The van der Waals surface area contributed by atoms with Crippen LogP contribution in [-0.2, 0) is 0 Å². The number of anilines is 1. The third-order valence-corrected chi connectivity index (χ3v) is 5.38. The van der Waals surface area contributed by atoms with E-state index < -0.39 is 0 Å². The van der Waals surface area contributed by atoms with Crippen LogP contribution in [-0.4, -0.2) is 71.7 Å². The Hall–Kier alpha value is -2.08. The molecule has 1 aromatic heterocycles. The fourth-order valence-corrected chi connectivity index (χ4v) is 3.99. The molecule has 0 spiro atoms. The van der Waals surface area contributed by atoms with Crippen LogP contribution in [0.3, 0.4) is 0 Å². The summed E-state index contributed by atoms with van der Waals surface area (Å²) in [6.07, 6.45) is 3.24. The SMILES string of the molecule is CCCCN1c2nc3ccccc3n2C(=O)N(CC(C)C)CC1CCN(C)C. The van der Waals surface area contributed by atoms with Crippen LogP contribution < -0.4 is 4.90 Å². The molecule has 0 N–H and O–H groups in total. The Kier molecular flexibility index (Phi) is 6.60. The molecule has 2 aromatic rings. The topological polar surface area (TPSA) is 44.6 Å². The Balaban J connectivity index is 2.09. The normalized spacial score (nSPS) is 17.7. The van der Waals surface area contributed by atoms with E-state index in [2.05, 4.69) is 44.7 Å². The number of carbonyl (C=O) groups excluding carboxylic acids is 1. The molecular weight excluding hydrogens is 350 g/mol. The first-order valence-electron chi connectivity index (χ1n) is 10.6. The van der Waals surface area contributed by atoms with Gasteiger partial charge in [0.15, 0.2) is 0 Å². The zero-order valence-corrected chi connectivity index (χ0v) is 18.1. The zero-order chi connectivity index (χ0) is 20.3. The van der Waals surface area contributed by atoms with Crippen LogP contribution in [0.5, 0.6) is 0 Å². The van der Waals surface area contributed by atoms with Crippen LogP contribution in [0.2, 0.25) is 0 Å². The highest BCUT2D eigenvalue weighted by atomic mass is 16.2. The third kappa shape index (κ3) is 4.32. The van der Waals surface area contributed by atoms with E-state index in [4.69, 9.17) is 4.98 Å². The van der Waals surface area contributed by atoms with Gasteiger partial charge in [0.1, 0.15) is 0 Å². The predicted molar refractivity (Wildman–Crippen MR) is 116 cm³/mol. The molecule has 1 aliphatic heterocycles. The van der Waals surface area contributed by atoms with Gasteiger partial charge in [-0.2, -0.15) is 0 Å². The first kappa shape index (κ1) is 20.6. The summed E-state index contributed by atoms with van der Waals surface area (Å²) in [6.45, 7) is 10.0. The molecule has 0 saturated carbocycles. The first-order chi connectivity index (χ1) is 13.4. The number of aromatic nitrogens is 2. The van der Waals surface area contributed by atoms with Crippen molar-refractivity contribution in [2.75, 3.05) is 45.2 Å². The smallest absolute Gasteiger partial charge is 0.331 e. The summed E-state index contributed by atoms with van der Waals surface area (Å²) >= 11 is 0. The Morgan fingerprint density at radius 3 is 2.68 bits per heavy atom. The van der Waals surface area contributed by atoms with E-state index in [-0.39, 0.29) is 12.1 Å². The van der Waals surface area contributed by atoms with E-state index in [0.717, 1.165) is 62.4 Å². The van der Waals surface area contributed by atoms with Gasteiger partial charge in [0.2, 0.25) is 5.95 Å². The number of imidazole rings is 1. The van der Waals surface area contributed by atoms with Crippen molar-refractivity contribution in [3.63, 3.8) is 0 Å². The van der Waals surface area contributed by atoms with Crippen molar-refractivity contribution in [3.05, 3.63) is 24.3 Å². The molecule has 1 amide bonds. The van der Waals surface area contributed by atoms with Crippen molar-refractivity contribution in [2.24, 2.45) is 5.92 Å². The predicted octanol–water partition coefficient (Wildman–Crippen LogP) is 3.90. The van der Waals surface area contributed by atoms with Gasteiger partial charge in [-0.05, 0) is 51.5 Å². The fraction of sp³-hybridized carbons (Fsp3) is 0.636. The Morgan fingerprint density at radius 2 is 2.00 bits per heavy atom. The number of carbonyl (C=O) groups is 1. The number of amides is 1. The molecule has 154 valence electrons. The standard InChI is InChI=1S/C22H35N5O/c1-6-7-13-26-18(12-14-24(4)5)16-25(15-17(2)3)22(28)27-20-11-9-8-10-19(20)23-21(26)27/h8-11,17-18H,6-7,12-16H2,1-5H3. The lowest BCUT2D eigenvalue weighted by Crippen LogP contribution is -2.46. The number of nitrogens with zero attached hydrogens (tertiary/aromatic N) is 5. The number of para-hydroxylation sites is 2. The average molecular weight is 386 g/mol. The second kappa shape index (κ2) is 8.95. The molecule has 3 rings (SSSR count). The molecule has 2 heterocycles. The Labute approximate surface area is 169 Å². The molecule has 1 aliphatic rings. The van der Waals surface area contributed by atoms with Gasteiger partial charge in [0.05, 0.1) is 17.1 Å². The molecule has 0 saturated heterocycles. The van der Waals surface area contributed by atoms with E-state index in [1.807, 2.05) is 33.7 Å². The molecule has 1 unspecified atom stereocenters. The van der Waals surface area contributed by atoms with Crippen LogP contribution in [0, 0.1) is 5.92 Å². The average Bonchev–Trinajstić information content (AvgIpc) is 2.99. The van der Waals surface area contributed by atoms with E-state index in [1.165, 1.54) is 0 Å². The van der Waals surface area contributed by atoms with Gasteiger partial charge in [-0.1, -0.05) is 39.3 Å². The van der Waals surface area contributed by atoms with Crippen molar-refractivity contribution in [3.8, 4) is 0 Å². The minimum atomic E-state index is 0.0613. The number of fused-ring (bicyclic) bond motifs is 3. The summed E-state index contributed by atoms with van der Waals surface area (Å²) in [5.74, 6) is 1.24. The van der Waals surface area contributed by atoms with Gasteiger partial charge in [0, 0.05) is 19.6 Å². The van der Waals surface area contributed by atoms with Gasteiger partial charge in [0.25, 0.3) is 0 Å². The maximum atomic E-state index is 13.6.